The smallest absolute Gasteiger partial charge is 0.253 e. The number of carbonyl (C=O) groups excluding carboxylic acids is 2. The third-order valence-electron chi connectivity index (χ3n) is 5.67. The summed E-state index contributed by atoms with van der Waals surface area (Å²) in [6, 6.07) is 12.7. The molecule has 0 saturated carbocycles. The van der Waals surface area contributed by atoms with Crippen LogP contribution < -0.4 is 9.47 Å². The molecule has 3 heterocycles. The third kappa shape index (κ3) is 3.98. The van der Waals surface area contributed by atoms with Crippen LogP contribution in [0.5, 0.6) is 11.5 Å². The van der Waals surface area contributed by atoms with Crippen LogP contribution in [0.2, 0.25) is 0 Å². The van der Waals surface area contributed by atoms with E-state index >= 15 is 0 Å². The number of ketones is 1. The zero-order chi connectivity index (χ0) is 21.2. The van der Waals surface area contributed by atoms with Crippen molar-refractivity contribution in [1.29, 1.82) is 0 Å². The quantitative estimate of drug-likeness (QED) is 0.585. The number of hydrogen-bond acceptors (Lipinski definition) is 7. The zero-order valence-electron chi connectivity index (χ0n) is 16.8. The van der Waals surface area contributed by atoms with Gasteiger partial charge in [0.25, 0.3) is 5.91 Å². The number of nitrogens with zero attached hydrogens (tertiary/aromatic N) is 5. The Labute approximate surface area is 178 Å². The minimum atomic E-state index is -0.225. The van der Waals surface area contributed by atoms with E-state index in [1.54, 1.807) is 34.1 Å². The summed E-state index contributed by atoms with van der Waals surface area (Å²) in [6.45, 7) is 1.78. The number of aromatic nitrogens is 4. The highest BCUT2D eigenvalue weighted by Gasteiger charge is 2.30. The fourth-order valence-electron chi connectivity index (χ4n) is 4.04. The molecule has 0 N–H and O–H groups in total. The number of likely N-dealkylation sites (tertiary alicyclic amines) is 1. The first-order valence-electron chi connectivity index (χ1n) is 10.2. The van der Waals surface area contributed by atoms with Gasteiger partial charge in [-0.05, 0) is 59.2 Å². The van der Waals surface area contributed by atoms with Crippen LogP contribution in [0, 0.1) is 5.92 Å². The zero-order valence-corrected chi connectivity index (χ0v) is 16.8. The molecular weight excluding hydrogens is 398 g/mol. The molecule has 1 amide bonds. The number of rotatable bonds is 5. The van der Waals surface area contributed by atoms with Crippen molar-refractivity contribution in [3.63, 3.8) is 0 Å². The molecule has 0 radical (unpaired) electrons. The molecule has 158 valence electrons. The van der Waals surface area contributed by atoms with Crippen molar-refractivity contribution < 1.29 is 19.1 Å². The molecule has 9 heteroatoms. The number of benzene rings is 2. The molecule has 9 nitrogen and oxygen atoms in total. The highest BCUT2D eigenvalue weighted by atomic mass is 16.7. The average molecular weight is 419 g/mol. The second kappa shape index (κ2) is 8.17. The van der Waals surface area contributed by atoms with E-state index in [1.807, 2.05) is 24.3 Å². The van der Waals surface area contributed by atoms with Gasteiger partial charge in [-0.25, -0.2) is 4.68 Å². The molecule has 1 aromatic heterocycles. The fraction of sp³-hybridized carbons (Fsp3) is 0.318. The lowest BCUT2D eigenvalue weighted by molar-refractivity contribution is 0.0637. The first kappa shape index (κ1) is 19.2. The predicted molar refractivity (Wildman–Crippen MR) is 109 cm³/mol. The molecule has 1 fully saturated rings. The van der Waals surface area contributed by atoms with Crippen molar-refractivity contribution in [2.45, 2.75) is 19.4 Å². The number of hydrogen-bond donors (Lipinski definition) is 0. The fourth-order valence-corrected chi connectivity index (χ4v) is 4.04. The Balaban J connectivity index is 1.25. The first-order chi connectivity index (χ1) is 15.2. The summed E-state index contributed by atoms with van der Waals surface area (Å²) >= 11 is 0. The van der Waals surface area contributed by atoms with Crippen molar-refractivity contribution in [2.24, 2.45) is 5.92 Å². The Morgan fingerprint density at radius 3 is 2.65 bits per heavy atom. The summed E-state index contributed by atoms with van der Waals surface area (Å²) in [5.74, 6) is 0.999. The van der Waals surface area contributed by atoms with Gasteiger partial charge in [-0.15, -0.1) is 5.10 Å². The van der Waals surface area contributed by atoms with Gasteiger partial charge in [-0.1, -0.05) is 12.1 Å². The molecule has 2 aromatic carbocycles. The van der Waals surface area contributed by atoms with Crippen molar-refractivity contribution >= 4 is 11.7 Å². The molecule has 1 saturated heterocycles. The van der Waals surface area contributed by atoms with Gasteiger partial charge in [0, 0.05) is 30.1 Å². The number of Topliss-reactive ketones (excluding diaryl/α,β-unsaturated/α-hetero) is 1. The predicted octanol–water partition coefficient (Wildman–Crippen LogP) is 2.19. The second-order valence-corrected chi connectivity index (χ2v) is 7.73. The van der Waals surface area contributed by atoms with E-state index < -0.39 is 0 Å². The number of piperidine rings is 1. The van der Waals surface area contributed by atoms with Crippen LogP contribution in [0.15, 0.2) is 48.8 Å². The highest BCUT2D eigenvalue weighted by molar-refractivity contribution is 6.00. The van der Waals surface area contributed by atoms with Crippen LogP contribution in [0.25, 0.3) is 0 Å². The molecule has 2 aliphatic rings. The Morgan fingerprint density at radius 2 is 1.84 bits per heavy atom. The van der Waals surface area contributed by atoms with Gasteiger partial charge in [-0.2, -0.15) is 0 Å². The summed E-state index contributed by atoms with van der Waals surface area (Å²) in [5.41, 5.74) is 2.20. The maximum absolute atomic E-state index is 13.0. The minimum Gasteiger partial charge on any atom is -0.454 e. The number of amides is 1. The lowest BCUT2D eigenvalue weighted by Gasteiger charge is -2.32. The summed E-state index contributed by atoms with van der Waals surface area (Å²) < 4.78 is 12.3. The largest absolute Gasteiger partial charge is 0.454 e. The van der Waals surface area contributed by atoms with Crippen molar-refractivity contribution in [3.8, 4) is 11.5 Å². The van der Waals surface area contributed by atoms with Gasteiger partial charge in [-0.3, -0.25) is 9.59 Å². The number of carbonyl (C=O) groups is 2. The van der Waals surface area contributed by atoms with E-state index in [-0.39, 0.29) is 24.4 Å². The van der Waals surface area contributed by atoms with Crippen molar-refractivity contribution in [3.05, 3.63) is 65.5 Å². The normalized spacial score (nSPS) is 17.5. The summed E-state index contributed by atoms with van der Waals surface area (Å²) in [6.07, 6.45) is 3.11. The van der Waals surface area contributed by atoms with E-state index in [0.29, 0.717) is 42.3 Å². The molecule has 0 spiro atoms. The Kier molecular flexibility index (Phi) is 5.07. The Bertz CT molecular complexity index is 1100. The molecule has 31 heavy (non-hydrogen) atoms. The Hall–Kier alpha value is -3.75. The summed E-state index contributed by atoms with van der Waals surface area (Å²) in [5, 5.41) is 11.1. The van der Waals surface area contributed by atoms with Gasteiger partial charge in [0.2, 0.25) is 6.79 Å². The van der Waals surface area contributed by atoms with Crippen LogP contribution >= 0.6 is 0 Å². The minimum absolute atomic E-state index is 0.0348. The molecule has 1 atom stereocenters. The average Bonchev–Trinajstić information content (AvgIpc) is 3.50. The van der Waals surface area contributed by atoms with E-state index in [4.69, 9.17) is 9.47 Å². The molecule has 3 aromatic rings. The van der Waals surface area contributed by atoms with Crippen LogP contribution in [0.4, 0.5) is 0 Å². The first-order valence-corrected chi connectivity index (χ1v) is 10.2. The van der Waals surface area contributed by atoms with Crippen LogP contribution in [0.3, 0.4) is 0 Å². The van der Waals surface area contributed by atoms with Gasteiger partial charge >= 0.3 is 0 Å². The lowest BCUT2D eigenvalue weighted by atomic mass is 9.89. The molecule has 0 bridgehead atoms. The van der Waals surface area contributed by atoms with E-state index in [1.165, 1.54) is 0 Å². The number of fused-ring (bicyclic) bond motifs is 1. The van der Waals surface area contributed by atoms with Crippen LogP contribution in [-0.2, 0) is 6.54 Å². The second-order valence-electron chi connectivity index (χ2n) is 7.73. The third-order valence-corrected chi connectivity index (χ3v) is 5.67. The summed E-state index contributed by atoms with van der Waals surface area (Å²) in [4.78, 5) is 27.8. The van der Waals surface area contributed by atoms with Gasteiger partial charge in [0.1, 0.15) is 6.33 Å². The summed E-state index contributed by atoms with van der Waals surface area (Å²) in [7, 11) is 0. The van der Waals surface area contributed by atoms with Gasteiger partial charge in [0.15, 0.2) is 17.3 Å². The monoisotopic (exact) mass is 419 g/mol. The van der Waals surface area contributed by atoms with E-state index in [9.17, 15) is 9.59 Å². The lowest BCUT2D eigenvalue weighted by Crippen LogP contribution is -2.42. The molecule has 2 aliphatic heterocycles. The molecular formula is C22H21N5O4. The topological polar surface area (TPSA) is 99.4 Å². The molecule has 0 aliphatic carbocycles. The highest BCUT2D eigenvalue weighted by Crippen LogP contribution is 2.34. The SMILES string of the molecule is O=C(c1ccc2c(c1)OCO2)C1CCCN(C(=O)c2ccc(Cn3cnnn3)cc2)C1. The van der Waals surface area contributed by atoms with E-state index in [0.717, 1.165) is 18.4 Å². The van der Waals surface area contributed by atoms with Gasteiger partial charge in [0.05, 0.1) is 6.54 Å². The number of ether oxygens (including phenoxy) is 2. The molecule has 5 rings (SSSR count). The van der Waals surface area contributed by atoms with E-state index in [2.05, 4.69) is 15.5 Å². The maximum Gasteiger partial charge on any atom is 0.253 e. The van der Waals surface area contributed by atoms with Crippen LogP contribution in [-0.4, -0.2) is 56.7 Å². The van der Waals surface area contributed by atoms with Crippen molar-refractivity contribution in [1.82, 2.24) is 25.1 Å². The Morgan fingerprint density at radius 1 is 1.03 bits per heavy atom. The van der Waals surface area contributed by atoms with Gasteiger partial charge < -0.3 is 14.4 Å². The standard InChI is InChI=1S/C22H21N5O4/c28-21(17-7-8-19-20(10-17)31-14-30-19)18-2-1-9-26(12-18)22(29)16-5-3-15(4-6-16)11-27-13-23-24-25-27/h3-8,10,13,18H,1-2,9,11-12,14H2. The van der Waals surface area contributed by atoms with Crippen LogP contribution in [0.1, 0.15) is 39.1 Å². The molecule has 1 unspecified atom stereocenters. The number of tetrazole rings is 1. The van der Waals surface area contributed by atoms with Crippen molar-refractivity contribution in [2.75, 3.05) is 19.9 Å². The maximum atomic E-state index is 13.0.